The molecule has 8 atom stereocenters. The first-order valence-corrected chi connectivity index (χ1v) is 14.4. The van der Waals surface area contributed by atoms with Crippen molar-refractivity contribution in [3.8, 4) is 0 Å². The van der Waals surface area contributed by atoms with Gasteiger partial charge in [0.05, 0.1) is 6.10 Å². The zero-order valence-corrected chi connectivity index (χ0v) is 23.5. The third-order valence-corrected chi connectivity index (χ3v) is 12.6. The fourth-order valence-corrected chi connectivity index (χ4v) is 10.1. The summed E-state index contributed by atoms with van der Waals surface area (Å²) in [5.41, 5.74) is 4.91. The lowest BCUT2D eigenvalue weighted by Crippen LogP contribution is -2.55. The summed E-state index contributed by atoms with van der Waals surface area (Å²) in [6, 6.07) is 0.647. The summed E-state index contributed by atoms with van der Waals surface area (Å²) in [6.45, 7) is 19.9. The predicted octanol–water partition coefficient (Wildman–Crippen LogP) is 7.76. The van der Waals surface area contributed by atoms with Crippen LogP contribution in [0.1, 0.15) is 120 Å². The Kier molecular flexibility index (Phi) is 6.75. The highest BCUT2D eigenvalue weighted by Crippen LogP contribution is 2.72. The number of rotatable bonds is 6. The zero-order valence-electron chi connectivity index (χ0n) is 23.5. The van der Waals surface area contributed by atoms with E-state index in [1.54, 1.807) is 0 Å². The molecule has 0 aromatic rings. The van der Waals surface area contributed by atoms with Gasteiger partial charge in [-0.1, -0.05) is 66.5 Å². The normalized spacial score (nSPS) is 44.3. The van der Waals surface area contributed by atoms with Gasteiger partial charge in [0.1, 0.15) is 0 Å². The minimum absolute atomic E-state index is 0.0418. The molecule has 0 saturated heterocycles. The average Bonchev–Trinajstić information content (AvgIpc) is 3.03. The number of aliphatic hydroxyl groups excluding tert-OH is 1. The summed E-state index contributed by atoms with van der Waals surface area (Å²) in [5.74, 6) is 3.01. The van der Waals surface area contributed by atoms with Gasteiger partial charge in [-0.3, -0.25) is 0 Å². The van der Waals surface area contributed by atoms with E-state index < -0.39 is 0 Å². The molecule has 2 fully saturated rings. The fraction of sp³-hybridized carbons (Fsp3) is 0.935. The van der Waals surface area contributed by atoms with E-state index in [1.165, 1.54) is 57.8 Å². The minimum Gasteiger partial charge on any atom is -0.393 e. The third kappa shape index (κ3) is 3.71. The molecule has 0 aromatic carbocycles. The second-order valence-electron chi connectivity index (χ2n) is 14.4. The third-order valence-electron chi connectivity index (χ3n) is 12.6. The maximum Gasteiger partial charge on any atom is 0.0594 e. The quantitative estimate of drug-likeness (QED) is 0.399. The molecule has 0 spiro atoms. The van der Waals surface area contributed by atoms with Crippen LogP contribution in [0.15, 0.2) is 11.1 Å². The van der Waals surface area contributed by atoms with E-state index in [-0.39, 0.29) is 11.5 Å². The van der Waals surface area contributed by atoms with Gasteiger partial charge < -0.3 is 10.4 Å². The van der Waals surface area contributed by atoms with Crippen molar-refractivity contribution in [3.05, 3.63) is 11.1 Å². The predicted molar refractivity (Wildman–Crippen MR) is 141 cm³/mol. The van der Waals surface area contributed by atoms with Crippen LogP contribution in [0.3, 0.4) is 0 Å². The van der Waals surface area contributed by atoms with Crippen LogP contribution in [-0.4, -0.2) is 24.3 Å². The zero-order chi connectivity index (χ0) is 24.4. The SMILES string of the molecule is CNC(CC[C@@H](C)[C@H]1CC[C@@]2(C)C3=C(CC[C@]12C)[C@@]1(C)CC[C@H](O)C(C)(C)[C@@H]1CC3)C(C)C. The van der Waals surface area contributed by atoms with E-state index in [1.807, 2.05) is 11.1 Å². The molecule has 4 aliphatic carbocycles. The van der Waals surface area contributed by atoms with Crippen molar-refractivity contribution in [2.45, 2.75) is 132 Å². The molecule has 1 unspecified atom stereocenters. The molecule has 0 radical (unpaired) electrons. The average molecular weight is 458 g/mol. The van der Waals surface area contributed by atoms with Crippen molar-refractivity contribution >= 4 is 0 Å². The van der Waals surface area contributed by atoms with E-state index in [9.17, 15) is 5.11 Å². The molecule has 2 saturated carbocycles. The van der Waals surface area contributed by atoms with Gasteiger partial charge in [-0.15, -0.1) is 0 Å². The molecular weight excluding hydrogens is 402 g/mol. The highest BCUT2D eigenvalue weighted by molar-refractivity contribution is 5.38. The van der Waals surface area contributed by atoms with Gasteiger partial charge in [0.2, 0.25) is 0 Å². The van der Waals surface area contributed by atoms with Crippen LogP contribution in [0, 0.1) is 45.3 Å². The smallest absolute Gasteiger partial charge is 0.0594 e. The molecule has 4 rings (SSSR count). The van der Waals surface area contributed by atoms with Gasteiger partial charge in [0.15, 0.2) is 0 Å². The maximum atomic E-state index is 10.8. The van der Waals surface area contributed by atoms with E-state index in [4.69, 9.17) is 0 Å². The van der Waals surface area contributed by atoms with Crippen LogP contribution in [0.25, 0.3) is 0 Å². The first kappa shape index (κ1) is 25.7. The van der Waals surface area contributed by atoms with Crippen LogP contribution >= 0.6 is 0 Å². The highest BCUT2D eigenvalue weighted by Gasteiger charge is 2.63. The Labute approximate surface area is 205 Å². The lowest BCUT2D eigenvalue weighted by Gasteiger charge is -2.62. The Balaban J connectivity index is 1.60. The van der Waals surface area contributed by atoms with Crippen molar-refractivity contribution < 1.29 is 5.11 Å². The van der Waals surface area contributed by atoms with Gasteiger partial charge in [-0.05, 0) is 117 Å². The van der Waals surface area contributed by atoms with Gasteiger partial charge in [-0.2, -0.15) is 0 Å². The Morgan fingerprint density at radius 3 is 2.21 bits per heavy atom. The summed E-state index contributed by atoms with van der Waals surface area (Å²) in [5, 5.41) is 14.4. The minimum atomic E-state index is -0.133. The standard InChI is InChI=1S/C31H55NO/c1-20(2)25(32-9)12-10-21(3)22-14-18-31(8)24-11-13-26-28(4,5)27(33)16-17-29(26,6)23(24)15-19-30(22,31)7/h20-22,25-27,32-33H,10-19H2,1-9H3/t21-,22-,25?,26+,27+,29-,30-,31+/m1/s1. The van der Waals surface area contributed by atoms with Crippen molar-refractivity contribution in [2.24, 2.45) is 45.3 Å². The number of aliphatic hydroxyl groups is 1. The van der Waals surface area contributed by atoms with Crippen LogP contribution in [0.4, 0.5) is 0 Å². The number of hydrogen-bond acceptors (Lipinski definition) is 2. The molecule has 0 bridgehead atoms. The Bertz CT molecular complexity index is 767. The van der Waals surface area contributed by atoms with Crippen molar-refractivity contribution in [1.29, 1.82) is 0 Å². The van der Waals surface area contributed by atoms with Crippen LogP contribution < -0.4 is 5.32 Å². The van der Waals surface area contributed by atoms with E-state index in [0.717, 1.165) is 18.3 Å². The van der Waals surface area contributed by atoms with Crippen molar-refractivity contribution in [3.63, 3.8) is 0 Å². The van der Waals surface area contributed by atoms with Gasteiger partial charge in [0.25, 0.3) is 0 Å². The molecule has 33 heavy (non-hydrogen) atoms. The van der Waals surface area contributed by atoms with Gasteiger partial charge >= 0.3 is 0 Å². The summed E-state index contributed by atoms with van der Waals surface area (Å²) >= 11 is 0. The topological polar surface area (TPSA) is 32.3 Å². The molecule has 0 heterocycles. The monoisotopic (exact) mass is 457 g/mol. The number of nitrogens with one attached hydrogen (secondary N) is 1. The molecule has 0 amide bonds. The fourth-order valence-electron chi connectivity index (χ4n) is 10.1. The Hall–Kier alpha value is -0.340. The van der Waals surface area contributed by atoms with Crippen molar-refractivity contribution in [2.75, 3.05) is 7.05 Å². The highest BCUT2D eigenvalue weighted by atomic mass is 16.3. The molecule has 2 nitrogen and oxygen atoms in total. The van der Waals surface area contributed by atoms with Crippen LogP contribution in [0.5, 0.6) is 0 Å². The number of hydrogen-bond donors (Lipinski definition) is 2. The molecule has 190 valence electrons. The second-order valence-corrected chi connectivity index (χ2v) is 14.4. The van der Waals surface area contributed by atoms with Crippen molar-refractivity contribution in [1.82, 2.24) is 5.32 Å². The Morgan fingerprint density at radius 1 is 0.879 bits per heavy atom. The maximum absolute atomic E-state index is 10.8. The number of fused-ring (bicyclic) bond motifs is 4. The van der Waals surface area contributed by atoms with Gasteiger partial charge in [-0.25, -0.2) is 0 Å². The van der Waals surface area contributed by atoms with E-state index in [0.29, 0.717) is 34.1 Å². The summed E-state index contributed by atoms with van der Waals surface area (Å²) in [6.07, 6.45) is 12.8. The first-order chi connectivity index (χ1) is 15.3. The summed E-state index contributed by atoms with van der Waals surface area (Å²) in [4.78, 5) is 0. The first-order valence-electron chi connectivity index (χ1n) is 14.4. The molecule has 4 aliphatic rings. The molecular formula is C31H55NO. The Morgan fingerprint density at radius 2 is 1.58 bits per heavy atom. The molecule has 0 aromatic heterocycles. The molecule has 2 N–H and O–H groups in total. The lowest BCUT2D eigenvalue weighted by atomic mass is 9.43. The van der Waals surface area contributed by atoms with E-state index >= 15 is 0 Å². The largest absolute Gasteiger partial charge is 0.393 e. The summed E-state index contributed by atoms with van der Waals surface area (Å²) < 4.78 is 0. The molecule has 2 heteroatoms. The van der Waals surface area contributed by atoms with Crippen LogP contribution in [0.2, 0.25) is 0 Å². The summed E-state index contributed by atoms with van der Waals surface area (Å²) in [7, 11) is 2.14. The number of allylic oxidation sites excluding steroid dienone is 2. The van der Waals surface area contributed by atoms with E-state index in [2.05, 4.69) is 67.8 Å². The van der Waals surface area contributed by atoms with Crippen LogP contribution in [-0.2, 0) is 0 Å². The van der Waals surface area contributed by atoms with Gasteiger partial charge in [0, 0.05) is 6.04 Å². The molecule has 0 aliphatic heterocycles. The lowest BCUT2D eigenvalue weighted by molar-refractivity contribution is -0.0962. The second kappa shape index (κ2) is 8.65.